The van der Waals surface area contributed by atoms with Crippen molar-refractivity contribution in [3.05, 3.63) is 47.0 Å². The molecule has 2 aliphatic heterocycles. The number of rotatable bonds is 6. The van der Waals surface area contributed by atoms with Crippen molar-refractivity contribution in [1.29, 1.82) is 0 Å². The zero-order chi connectivity index (χ0) is 19.1. The van der Waals surface area contributed by atoms with E-state index in [1.54, 1.807) is 13.4 Å². The van der Waals surface area contributed by atoms with E-state index in [0.29, 0.717) is 5.92 Å². The highest BCUT2D eigenvalue weighted by atomic mass is 16.5. The molecule has 0 bridgehead atoms. The summed E-state index contributed by atoms with van der Waals surface area (Å²) in [6, 6.07) is 4.62. The number of nitrogens with one attached hydrogen (secondary N) is 1. The van der Waals surface area contributed by atoms with E-state index in [4.69, 9.17) is 4.74 Å². The molecule has 1 aromatic carbocycles. The number of H-pyrrole nitrogens is 1. The molecule has 2 unspecified atom stereocenters. The second kappa shape index (κ2) is 7.17. The fourth-order valence-corrected chi connectivity index (χ4v) is 5.69. The highest BCUT2D eigenvalue weighted by Crippen LogP contribution is 2.43. The van der Waals surface area contributed by atoms with E-state index in [9.17, 15) is 5.11 Å². The fraction of sp³-hybridized carbons (Fsp3) is 0.591. The lowest BCUT2D eigenvalue weighted by Gasteiger charge is -2.27. The molecule has 6 nitrogen and oxygen atoms in total. The lowest BCUT2D eigenvalue weighted by molar-refractivity contribution is 0.110. The maximum Gasteiger partial charge on any atom is 0.123 e. The minimum absolute atomic E-state index is 0.00994. The SMILES string of the molecule is COc1cc2c(cc1CN1CC3CN(Cc4cnc[nH]4)CC3(CO)C1)CCC2. The summed E-state index contributed by atoms with van der Waals surface area (Å²) in [5.41, 5.74) is 5.39. The standard InChI is InChI=1S/C22H30N4O2/c1-28-21-6-17-4-2-3-16(17)5-18(21)8-25-9-19-10-26(11-20-7-23-15-24-20)13-22(19,12-25)14-27/h5-7,15,19,27H,2-4,8-14H2,1H3,(H,23,24). The van der Waals surface area contributed by atoms with Gasteiger partial charge in [0.25, 0.3) is 0 Å². The molecule has 150 valence electrons. The van der Waals surface area contributed by atoms with Gasteiger partial charge in [0.15, 0.2) is 0 Å². The molecule has 1 aliphatic carbocycles. The maximum atomic E-state index is 10.3. The van der Waals surface area contributed by atoms with Crippen molar-refractivity contribution >= 4 is 0 Å². The van der Waals surface area contributed by atoms with Crippen LogP contribution in [0.4, 0.5) is 0 Å². The van der Waals surface area contributed by atoms with Crippen LogP contribution in [0.2, 0.25) is 0 Å². The predicted octanol–water partition coefficient (Wildman–Crippen LogP) is 1.83. The third-order valence-corrected chi connectivity index (χ3v) is 7.05. The summed E-state index contributed by atoms with van der Waals surface area (Å²) in [4.78, 5) is 12.3. The number of ether oxygens (including phenoxy) is 1. The van der Waals surface area contributed by atoms with E-state index in [2.05, 4.69) is 31.9 Å². The molecule has 6 heteroatoms. The van der Waals surface area contributed by atoms with Crippen molar-refractivity contribution in [2.24, 2.45) is 11.3 Å². The first-order valence-electron chi connectivity index (χ1n) is 10.4. The number of fused-ring (bicyclic) bond motifs is 2. The number of methoxy groups -OCH3 is 1. The Balaban J connectivity index is 1.29. The van der Waals surface area contributed by atoms with Crippen molar-refractivity contribution in [2.45, 2.75) is 32.4 Å². The van der Waals surface area contributed by atoms with Crippen LogP contribution in [-0.4, -0.2) is 64.8 Å². The third-order valence-electron chi connectivity index (χ3n) is 7.05. The Labute approximate surface area is 166 Å². The molecular weight excluding hydrogens is 352 g/mol. The number of aromatic nitrogens is 2. The van der Waals surface area contributed by atoms with Crippen LogP contribution in [-0.2, 0) is 25.9 Å². The first kappa shape index (κ1) is 18.2. The Hall–Kier alpha value is -1.89. The average molecular weight is 383 g/mol. The quantitative estimate of drug-likeness (QED) is 0.798. The second-order valence-corrected chi connectivity index (χ2v) is 8.92. The van der Waals surface area contributed by atoms with Crippen LogP contribution >= 0.6 is 0 Å². The monoisotopic (exact) mass is 382 g/mol. The zero-order valence-corrected chi connectivity index (χ0v) is 16.7. The summed E-state index contributed by atoms with van der Waals surface area (Å²) in [7, 11) is 1.78. The number of imidazole rings is 1. The van der Waals surface area contributed by atoms with Gasteiger partial charge >= 0.3 is 0 Å². The first-order chi connectivity index (χ1) is 13.7. The van der Waals surface area contributed by atoms with E-state index in [0.717, 1.165) is 50.7 Å². The lowest BCUT2D eigenvalue weighted by Crippen LogP contribution is -2.37. The normalized spacial score (nSPS) is 27.3. The number of likely N-dealkylation sites (tertiary alicyclic amines) is 2. The van der Waals surface area contributed by atoms with Gasteiger partial charge in [-0.05, 0) is 42.4 Å². The Morgan fingerprint density at radius 1 is 1.18 bits per heavy atom. The van der Waals surface area contributed by atoms with E-state index >= 15 is 0 Å². The van der Waals surface area contributed by atoms with Gasteiger partial charge in [0, 0.05) is 62.1 Å². The smallest absolute Gasteiger partial charge is 0.123 e. The fourth-order valence-electron chi connectivity index (χ4n) is 5.69. The molecule has 28 heavy (non-hydrogen) atoms. The first-order valence-corrected chi connectivity index (χ1v) is 10.4. The Bertz CT molecular complexity index is 837. The summed E-state index contributed by atoms with van der Waals surface area (Å²) < 4.78 is 5.71. The van der Waals surface area contributed by atoms with E-state index in [1.807, 2.05) is 6.20 Å². The number of nitrogens with zero attached hydrogens (tertiary/aromatic N) is 3. The number of hydrogen-bond acceptors (Lipinski definition) is 5. The van der Waals surface area contributed by atoms with Gasteiger partial charge in [-0.25, -0.2) is 4.98 Å². The van der Waals surface area contributed by atoms with Crippen molar-refractivity contribution < 1.29 is 9.84 Å². The Morgan fingerprint density at radius 3 is 2.57 bits per heavy atom. The Kier molecular flexibility index (Phi) is 4.65. The van der Waals surface area contributed by atoms with Crippen LogP contribution < -0.4 is 4.74 Å². The lowest BCUT2D eigenvalue weighted by atomic mass is 9.82. The topological polar surface area (TPSA) is 64.6 Å². The molecule has 0 spiro atoms. The number of aliphatic hydroxyl groups is 1. The number of aliphatic hydroxyl groups excluding tert-OH is 1. The molecule has 3 heterocycles. The highest BCUT2D eigenvalue weighted by molar-refractivity contribution is 5.45. The van der Waals surface area contributed by atoms with E-state index in [-0.39, 0.29) is 12.0 Å². The molecule has 2 N–H and O–H groups in total. The van der Waals surface area contributed by atoms with Crippen molar-refractivity contribution in [2.75, 3.05) is 39.9 Å². The predicted molar refractivity (Wildman–Crippen MR) is 107 cm³/mol. The summed E-state index contributed by atoms with van der Waals surface area (Å²) in [6.07, 6.45) is 7.26. The molecule has 5 rings (SSSR count). The van der Waals surface area contributed by atoms with Crippen molar-refractivity contribution in [1.82, 2.24) is 19.8 Å². The number of aryl methyl sites for hydroxylation is 2. The van der Waals surface area contributed by atoms with Crippen LogP contribution in [0, 0.1) is 11.3 Å². The van der Waals surface area contributed by atoms with Gasteiger partial charge in [0.2, 0.25) is 0 Å². The molecule has 3 aliphatic rings. The summed E-state index contributed by atoms with van der Waals surface area (Å²) in [5.74, 6) is 1.54. The zero-order valence-electron chi connectivity index (χ0n) is 16.7. The molecular formula is C22H30N4O2. The van der Waals surface area contributed by atoms with E-state index < -0.39 is 0 Å². The van der Waals surface area contributed by atoms with Crippen LogP contribution in [0.1, 0.15) is 28.8 Å². The van der Waals surface area contributed by atoms with Crippen molar-refractivity contribution in [3.63, 3.8) is 0 Å². The molecule has 0 saturated carbocycles. The maximum absolute atomic E-state index is 10.3. The Morgan fingerprint density at radius 2 is 1.93 bits per heavy atom. The summed E-state index contributed by atoms with van der Waals surface area (Å²) in [5, 5.41) is 10.3. The van der Waals surface area contributed by atoms with Gasteiger partial charge in [0.1, 0.15) is 5.75 Å². The molecule has 2 saturated heterocycles. The van der Waals surface area contributed by atoms with Gasteiger partial charge in [-0.2, -0.15) is 0 Å². The third kappa shape index (κ3) is 3.13. The highest BCUT2D eigenvalue weighted by Gasteiger charge is 2.51. The van der Waals surface area contributed by atoms with Gasteiger partial charge in [0.05, 0.1) is 20.0 Å². The van der Waals surface area contributed by atoms with Gasteiger partial charge in [-0.15, -0.1) is 0 Å². The second-order valence-electron chi connectivity index (χ2n) is 8.92. The molecule has 0 radical (unpaired) electrons. The minimum Gasteiger partial charge on any atom is -0.496 e. The summed E-state index contributed by atoms with van der Waals surface area (Å²) >= 11 is 0. The molecule has 0 amide bonds. The molecule has 2 atom stereocenters. The van der Waals surface area contributed by atoms with E-state index in [1.165, 1.54) is 36.0 Å². The average Bonchev–Trinajstić information content (AvgIpc) is 3.45. The summed E-state index contributed by atoms with van der Waals surface area (Å²) in [6.45, 7) is 6.04. The number of benzene rings is 1. The number of aromatic amines is 1. The minimum atomic E-state index is -0.00994. The van der Waals surface area contributed by atoms with Crippen LogP contribution in [0.5, 0.6) is 5.75 Å². The van der Waals surface area contributed by atoms with Crippen molar-refractivity contribution in [3.8, 4) is 5.75 Å². The van der Waals surface area contributed by atoms with Crippen LogP contribution in [0.15, 0.2) is 24.7 Å². The van der Waals surface area contributed by atoms with Crippen LogP contribution in [0.25, 0.3) is 0 Å². The molecule has 2 aromatic rings. The van der Waals surface area contributed by atoms with Gasteiger partial charge < -0.3 is 14.8 Å². The largest absolute Gasteiger partial charge is 0.496 e. The molecule has 1 aromatic heterocycles. The number of hydrogen-bond donors (Lipinski definition) is 2. The molecule has 2 fully saturated rings. The van der Waals surface area contributed by atoms with Gasteiger partial charge in [-0.3, -0.25) is 9.80 Å². The van der Waals surface area contributed by atoms with Gasteiger partial charge in [-0.1, -0.05) is 6.07 Å². The van der Waals surface area contributed by atoms with Crippen LogP contribution in [0.3, 0.4) is 0 Å².